The number of nitrogens with two attached hydrogens (primary N) is 6. The van der Waals surface area contributed by atoms with Gasteiger partial charge in [0, 0.05) is 83.1 Å². The summed E-state index contributed by atoms with van der Waals surface area (Å²) in [4.78, 5) is 243. The van der Waals surface area contributed by atoms with Gasteiger partial charge < -0.3 is 128 Å². The lowest BCUT2D eigenvalue weighted by Gasteiger charge is -2.33. The summed E-state index contributed by atoms with van der Waals surface area (Å²) in [6, 6.07) is -9.64. The predicted octanol–water partition coefficient (Wildman–Crippen LogP) is -5.99. The van der Waals surface area contributed by atoms with E-state index in [1.54, 1.807) is 64.3 Å². The summed E-state index contributed by atoms with van der Waals surface area (Å²) in [5.41, 5.74) is 34.3. The van der Waals surface area contributed by atoms with Crippen LogP contribution >= 0.6 is 24.4 Å². The number of aliphatic hydroxyl groups is 1. The van der Waals surface area contributed by atoms with Gasteiger partial charge in [-0.1, -0.05) is 58.0 Å². The molecule has 4 aliphatic heterocycles. The third-order valence-corrected chi connectivity index (χ3v) is 21.5. The second kappa shape index (κ2) is 52.0. The molecule has 14 amide bonds. The van der Waals surface area contributed by atoms with E-state index in [9.17, 15) is 82.1 Å². The van der Waals surface area contributed by atoms with Crippen molar-refractivity contribution in [3.8, 4) is 0 Å². The number of rotatable bonds is 48. The van der Waals surface area contributed by atoms with Crippen LogP contribution < -0.4 is 92.9 Å². The van der Waals surface area contributed by atoms with Gasteiger partial charge in [-0.25, -0.2) is 9.78 Å². The lowest BCUT2D eigenvalue weighted by Crippen LogP contribution is -2.62. The van der Waals surface area contributed by atoms with Crippen LogP contribution in [0, 0.1) is 11.8 Å². The van der Waals surface area contributed by atoms with Gasteiger partial charge in [0.15, 0.2) is 17.9 Å². The Bertz CT molecular complexity index is 4020. The Morgan fingerprint density at radius 1 is 0.528 bits per heavy atom. The first-order chi connectivity index (χ1) is 58.4. The van der Waals surface area contributed by atoms with E-state index in [0.717, 1.165) is 6.92 Å². The van der Waals surface area contributed by atoms with Gasteiger partial charge in [0.25, 0.3) is 5.97 Å². The van der Waals surface area contributed by atoms with Crippen molar-refractivity contribution in [2.24, 2.45) is 61.2 Å². The van der Waals surface area contributed by atoms with Gasteiger partial charge >= 0.3 is 5.97 Å². The van der Waals surface area contributed by atoms with Crippen molar-refractivity contribution >= 4 is 137 Å². The summed E-state index contributed by atoms with van der Waals surface area (Å²) in [5.74, 6) is -14.4. The number of hydrogen-bond acceptors (Lipinski definition) is 23. The van der Waals surface area contributed by atoms with Crippen LogP contribution in [-0.2, 0) is 89.6 Å². The zero-order valence-corrected chi connectivity index (χ0v) is 71.9. The van der Waals surface area contributed by atoms with Gasteiger partial charge in [0.05, 0.1) is 12.9 Å². The van der Waals surface area contributed by atoms with E-state index in [2.05, 4.69) is 96.1 Å². The fourth-order valence-electron chi connectivity index (χ4n) is 14.3. The number of carboxylic acid groups (broad SMARTS) is 2. The van der Waals surface area contributed by atoms with E-state index in [4.69, 9.17) is 44.3 Å². The number of thioether (sulfide) groups is 1. The van der Waals surface area contributed by atoms with Crippen molar-refractivity contribution in [2.75, 3.05) is 63.6 Å². The summed E-state index contributed by atoms with van der Waals surface area (Å²) < 4.78 is 0. The first-order valence-electron chi connectivity index (χ1n) is 40.9. The van der Waals surface area contributed by atoms with Gasteiger partial charge in [-0.15, -0.1) is 0 Å². The largest absolute Gasteiger partial charge is 0.481 e. The number of likely N-dealkylation sites (tertiary alicyclic amines) is 3. The summed E-state index contributed by atoms with van der Waals surface area (Å²) in [6.07, 6.45) is 6.26. The topological polar surface area (TPSA) is 698 Å². The molecule has 0 spiro atoms. The van der Waals surface area contributed by atoms with E-state index < -0.39 is 186 Å². The molecule has 14 unspecified atom stereocenters. The number of hydrogen-bond donors (Lipinski definition) is 22. The number of nitrogens with one attached hydrogen (secondary N) is 12. The number of nitrogens with zero attached hydrogens (tertiary/aromatic N) is 7. The molecule has 5 heterocycles. The molecule has 46 heteroatoms. The number of aromatic amines is 1. The number of aromatic nitrogens is 2. The molecule has 0 aliphatic carbocycles. The van der Waals surface area contributed by atoms with Crippen LogP contribution in [0.5, 0.6) is 0 Å². The first-order valence-corrected chi connectivity index (χ1v) is 43.0. The Balaban J connectivity index is 0.00000657. The van der Waals surface area contributed by atoms with Crippen LogP contribution in [0.25, 0.3) is 0 Å². The number of carboxylic acids is 2. The van der Waals surface area contributed by atoms with E-state index in [1.165, 1.54) is 39.0 Å². The highest BCUT2D eigenvalue weighted by atomic mass is 32.2. The second-order valence-electron chi connectivity index (χ2n) is 31.0. The van der Waals surface area contributed by atoms with E-state index in [1.807, 2.05) is 0 Å². The van der Waals surface area contributed by atoms with Crippen LogP contribution in [0.15, 0.2) is 57.8 Å². The van der Waals surface area contributed by atoms with Crippen LogP contribution in [0.4, 0.5) is 0 Å². The number of aliphatic imine (C=N–C) groups is 3. The lowest BCUT2D eigenvalue weighted by atomic mass is 10.0. The average Bonchev–Trinajstić information content (AvgIpc) is 1.72. The molecule has 27 N–H and O–H groups in total. The Labute approximate surface area is 722 Å². The Morgan fingerprint density at radius 2 is 0.951 bits per heavy atom. The molecule has 14 atom stereocenters. The Hall–Kier alpha value is -11.6. The number of aliphatic hydroxyl groups excluding tert-OH is 1. The van der Waals surface area contributed by atoms with Gasteiger partial charge in [-0.05, 0) is 126 Å². The van der Waals surface area contributed by atoms with Gasteiger partial charge in [0.1, 0.15) is 84.6 Å². The van der Waals surface area contributed by atoms with Crippen molar-refractivity contribution in [2.45, 2.75) is 235 Å². The normalized spacial score (nSPS) is 18.4. The standard InChI is InChI=1S/C75H119N25O17S2.C2H4O2/c1-40(2)33-49(93-67(111)54-20-12-29-98(54)69(113)48(25-32-119-5)91-66(110)53(38-118)96-60(104)45(18-10-27-84-74(78)79)88-59(103)44(17-9-26-83-73(76)77)89-61(105)47-23-24-57(102)87-47)63(107)92-50(35-43-36-82-39-86-43)64(108)95-52(37-101)65(109)90-46(19-11-28-85-75(80)81)62(106)97-58(41(3)4)71(115)99-30-13-21-55(99)68(112)94-51(34-42-15-7-6-8-16-42)70(114)100-31-14-22-56(100)72(116)117;1-2(3)4/h6-8,15-16,36,39-41,44-56,58,101,118H,9-14,17-35,37-38H2,1-5H3,(H,82,86)(H,87,102)(H,88,103)(H,89,105)(H,90,109)(H,91,110)(H,92,107)(H,93,111)(H,94,112)(H,95,108)(H,96,104)(H,97,106)(H,116,117)(H4,76,77,83)(H4,78,79,84)(H4,80,81,85);1H3,(H,3,4). The number of amides is 14. The molecule has 1 aromatic heterocycles. The second-order valence-corrected chi connectivity index (χ2v) is 32.3. The van der Waals surface area contributed by atoms with Crippen molar-refractivity contribution in [3.05, 3.63) is 54.1 Å². The van der Waals surface area contributed by atoms with Gasteiger partial charge in [-0.3, -0.25) is 86.9 Å². The minimum absolute atomic E-state index is 0.0104. The molecule has 6 rings (SSSR count). The molecule has 123 heavy (non-hydrogen) atoms. The van der Waals surface area contributed by atoms with Crippen molar-refractivity contribution in [3.63, 3.8) is 0 Å². The van der Waals surface area contributed by atoms with E-state index >= 15 is 0 Å². The number of aliphatic carboxylic acids is 2. The SMILES string of the molecule is CC(=O)O.CSCCC(NC(=O)C(CS)NC(=O)C(CCCN=C(N)N)NC(=O)C(CCCN=C(N)N)NC(=O)C1CCC(=O)N1)C(=O)N1CCCC1C(=O)NC(CC(C)C)C(=O)NC(Cc1cnc[nH]1)C(=O)NC(CO)C(=O)NC(CCCN=C(N)N)C(=O)NC(C(=O)N1CCCC1C(=O)NC(Cc1ccccc1)C(=O)N1CCCC1C(=O)O)C(C)C. The summed E-state index contributed by atoms with van der Waals surface area (Å²) in [6.45, 7) is 7.22. The predicted molar refractivity (Wildman–Crippen MR) is 456 cm³/mol. The molecule has 4 saturated heterocycles. The molecule has 0 saturated carbocycles. The smallest absolute Gasteiger partial charge is 0.326 e. The molecule has 2 aromatic rings. The maximum Gasteiger partial charge on any atom is 0.326 e. The molecule has 682 valence electrons. The highest BCUT2D eigenvalue weighted by molar-refractivity contribution is 7.98. The van der Waals surface area contributed by atoms with Gasteiger partial charge in [0.2, 0.25) is 82.7 Å². The number of carbonyl (C=O) groups is 16. The van der Waals surface area contributed by atoms with Crippen LogP contribution in [0.2, 0.25) is 0 Å². The summed E-state index contributed by atoms with van der Waals surface area (Å²) in [5, 5.41) is 57.4. The molecular weight excluding hydrogens is 1640 g/mol. The maximum absolute atomic E-state index is 14.8. The molecule has 4 aliphatic rings. The highest BCUT2D eigenvalue weighted by Crippen LogP contribution is 2.26. The van der Waals surface area contributed by atoms with Gasteiger partial charge in [-0.2, -0.15) is 24.4 Å². The third kappa shape index (κ3) is 34.0. The summed E-state index contributed by atoms with van der Waals surface area (Å²) in [7, 11) is 0. The highest BCUT2D eigenvalue weighted by Gasteiger charge is 2.45. The van der Waals surface area contributed by atoms with Crippen molar-refractivity contribution in [1.29, 1.82) is 0 Å². The zero-order chi connectivity index (χ0) is 91.2. The molecular formula is C77H123N25O19S2. The number of guanidine groups is 3. The molecule has 0 radical (unpaired) electrons. The number of H-pyrrole nitrogens is 1. The fourth-order valence-corrected chi connectivity index (χ4v) is 15.0. The van der Waals surface area contributed by atoms with E-state index in [-0.39, 0.29) is 171 Å². The minimum atomic E-state index is -1.81. The number of thiol groups is 1. The molecule has 44 nitrogen and oxygen atoms in total. The van der Waals surface area contributed by atoms with Crippen LogP contribution in [-0.4, -0.2) is 301 Å². The quantitative estimate of drug-likeness (QED) is 0.0127. The lowest BCUT2D eigenvalue weighted by molar-refractivity contribution is -0.150. The zero-order valence-electron chi connectivity index (χ0n) is 70.2. The average molecular weight is 1770 g/mol. The van der Waals surface area contributed by atoms with Crippen LogP contribution in [0.1, 0.15) is 149 Å². The van der Waals surface area contributed by atoms with Crippen molar-refractivity contribution in [1.82, 2.24) is 83.2 Å². The van der Waals surface area contributed by atoms with E-state index in [0.29, 0.717) is 36.3 Å². The monoisotopic (exact) mass is 1770 g/mol. The Kier molecular flexibility index (Phi) is 43.1. The molecule has 4 fully saturated rings. The molecule has 1 aromatic carbocycles. The summed E-state index contributed by atoms with van der Waals surface area (Å²) >= 11 is 5.73. The molecule has 0 bridgehead atoms. The minimum Gasteiger partial charge on any atom is -0.481 e. The number of carbonyl (C=O) groups excluding carboxylic acids is 14. The number of benzene rings is 1. The maximum atomic E-state index is 14.8. The van der Waals surface area contributed by atoms with Crippen LogP contribution in [0.3, 0.4) is 0 Å². The Morgan fingerprint density at radius 3 is 1.41 bits per heavy atom. The first kappa shape index (κ1) is 102. The van der Waals surface area contributed by atoms with Crippen molar-refractivity contribution < 1.29 is 92.0 Å². The third-order valence-electron chi connectivity index (χ3n) is 20.5. The number of imidazole rings is 1. The fraction of sp³-hybridized carbons (Fsp3) is 0.636.